The molecule has 2 aromatic carbocycles. The van der Waals surface area contributed by atoms with Crippen molar-refractivity contribution in [1.82, 2.24) is 21.3 Å². The molecule has 2 amide bonds. The number of aryl methyl sites for hydroxylation is 1. The topological polar surface area (TPSA) is 153 Å². The van der Waals surface area contributed by atoms with E-state index >= 15 is 0 Å². The number of carbonyl (C=O) groups excluding carboxylic acids is 3. The number of ether oxygens (including phenoxy) is 1. The van der Waals surface area contributed by atoms with Gasteiger partial charge in [0.2, 0.25) is 5.91 Å². The van der Waals surface area contributed by atoms with Gasteiger partial charge in [-0.05, 0) is 64.0 Å². The van der Waals surface area contributed by atoms with Crippen LogP contribution in [0, 0.1) is 18.3 Å². The molecule has 0 aliphatic rings. The fraction of sp³-hybridized carbons (Fsp3) is 0.419. The van der Waals surface area contributed by atoms with Crippen molar-refractivity contribution < 1.29 is 37.4 Å². The van der Waals surface area contributed by atoms with Gasteiger partial charge in [-0.3, -0.25) is 14.9 Å². The second-order valence-corrected chi connectivity index (χ2v) is 11.3. The summed E-state index contributed by atoms with van der Waals surface area (Å²) in [7, 11) is 0. The van der Waals surface area contributed by atoms with Crippen LogP contribution in [0.2, 0.25) is 0 Å². The lowest BCUT2D eigenvalue weighted by atomic mass is 10.1. The zero-order valence-electron chi connectivity index (χ0n) is 25.2. The number of nitriles is 1. The van der Waals surface area contributed by atoms with E-state index in [2.05, 4.69) is 16.0 Å². The van der Waals surface area contributed by atoms with Gasteiger partial charge in [0.1, 0.15) is 29.5 Å². The summed E-state index contributed by atoms with van der Waals surface area (Å²) in [5, 5.41) is 29.5. The van der Waals surface area contributed by atoms with Gasteiger partial charge in [-0.25, -0.2) is 4.79 Å². The van der Waals surface area contributed by atoms with E-state index in [0.717, 1.165) is 18.1 Å². The number of rotatable bonds is 13. The summed E-state index contributed by atoms with van der Waals surface area (Å²) in [6.45, 7) is 6.98. The van der Waals surface area contributed by atoms with E-state index in [0.29, 0.717) is 12.1 Å². The highest BCUT2D eigenvalue weighted by molar-refractivity contribution is 6.02. The van der Waals surface area contributed by atoms with Crippen molar-refractivity contribution in [3.63, 3.8) is 0 Å². The van der Waals surface area contributed by atoms with Crippen LogP contribution in [0.4, 0.5) is 13.2 Å². The highest BCUT2D eigenvalue weighted by Gasteiger charge is 2.34. The van der Waals surface area contributed by atoms with E-state index in [1.165, 1.54) is 24.3 Å². The number of hydrogen-bond acceptors (Lipinski definition) is 8. The summed E-state index contributed by atoms with van der Waals surface area (Å²) < 4.78 is 43.8. The maximum Gasteiger partial charge on any atom is 0.401 e. The largest absolute Gasteiger partial charge is 0.425 e. The molecule has 0 radical (unpaired) electrons. The minimum Gasteiger partial charge on any atom is -0.425 e. The lowest BCUT2D eigenvalue weighted by Crippen LogP contribution is -2.58. The van der Waals surface area contributed by atoms with E-state index in [9.17, 15) is 37.9 Å². The number of nitrogens with one attached hydrogen (secondary N) is 4. The molecular weight excluding hydrogens is 579 g/mol. The number of halogens is 3. The number of hydrogen-bond donors (Lipinski definition) is 5. The van der Waals surface area contributed by atoms with Crippen LogP contribution in [-0.2, 0) is 20.9 Å². The average molecular weight is 618 g/mol. The molecule has 2 rings (SSSR count). The number of esters is 1. The average Bonchev–Trinajstić information content (AvgIpc) is 2.90. The highest BCUT2D eigenvalue weighted by atomic mass is 19.4. The third-order valence-corrected chi connectivity index (χ3v) is 5.93. The number of benzene rings is 2. The first-order valence-corrected chi connectivity index (χ1v) is 13.8. The molecule has 0 fully saturated rings. The molecule has 0 bridgehead atoms. The van der Waals surface area contributed by atoms with Gasteiger partial charge in [0, 0.05) is 18.6 Å². The molecule has 0 saturated heterocycles. The van der Waals surface area contributed by atoms with Crippen molar-refractivity contribution >= 4 is 23.9 Å². The lowest BCUT2D eigenvalue weighted by Gasteiger charge is -2.25. The van der Waals surface area contributed by atoms with Gasteiger partial charge in [-0.15, -0.1) is 0 Å². The molecule has 13 heteroatoms. The summed E-state index contributed by atoms with van der Waals surface area (Å²) in [4.78, 5) is 38.6. The van der Waals surface area contributed by atoms with E-state index < -0.39 is 54.2 Å². The van der Waals surface area contributed by atoms with Gasteiger partial charge >= 0.3 is 12.1 Å². The Kier molecular flexibility index (Phi) is 13.1. The van der Waals surface area contributed by atoms with E-state index in [4.69, 9.17) is 4.74 Å². The molecule has 0 saturated carbocycles. The number of carbonyl (C=O) groups is 3. The second kappa shape index (κ2) is 16.0. The van der Waals surface area contributed by atoms with Gasteiger partial charge in [0.05, 0.1) is 12.6 Å². The van der Waals surface area contributed by atoms with Gasteiger partial charge < -0.3 is 25.8 Å². The Balaban J connectivity index is 2.25. The molecule has 3 atom stereocenters. The fourth-order valence-corrected chi connectivity index (χ4v) is 3.81. The van der Waals surface area contributed by atoms with Crippen LogP contribution in [0.3, 0.4) is 0 Å². The smallest absolute Gasteiger partial charge is 0.401 e. The summed E-state index contributed by atoms with van der Waals surface area (Å²) in [5.41, 5.74) is 1.55. The molecular formula is C31H38F3N5O5. The quantitative estimate of drug-likeness (QED) is 0.0996. The van der Waals surface area contributed by atoms with E-state index in [1.54, 1.807) is 26.8 Å². The molecule has 5 N–H and O–H groups in total. The first-order chi connectivity index (χ1) is 20.5. The Morgan fingerprint density at radius 1 is 1.09 bits per heavy atom. The second-order valence-electron chi connectivity index (χ2n) is 11.3. The SMILES string of the molecule is Cc1ccc(CNC[C@H](NC(=O)[C@@H](NCC(F)(F)F)[C@@H](C)O)C(=O)Oc2cccc(C=C(C#N)C(=O)NC(C)(C)C)c2)cc1. The van der Waals surface area contributed by atoms with Crippen molar-refractivity contribution in [2.45, 2.75) is 71.1 Å². The Morgan fingerprint density at radius 2 is 1.75 bits per heavy atom. The van der Waals surface area contributed by atoms with Crippen LogP contribution in [0.15, 0.2) is 54.1 Å². The maximum atomic E-state index is 13.2. The Bertz CT molecular complexity index is 1360. The molecule has 2 aromatic rings. The molecule has 0 aliphatic heterocycles. The van der Waals surface area contributed by atoms with Crippen molar-refractivity contribution in [1.29, 1.82) is 5.26 Å². The molecule has 0 aliphatic carbocycles. The number of aliphatic hydroxyl groups is 1. The Hall–Kier alpha value is -4.25. The van der Waals surface area contributed by atoms with Crippen LogP contribution in [0.25, 0.3) is 6.08 Å². The van der Waals surface area contributed by atoms with Crippen molar-refractivity contribution in [2.75, 3.05) is 13.1 Å². The van der Waals surface area contributed by atoms with Crippen LogP contribution < -0.4 is 26.0 Å². The first kappa shape index (κ1) is 35.9. The highest BCUT2D eigenvalue weighted by Crippen LogP contribution is 2.18. The molecule has 0 heterocycles. The number of alkyl halides is 3. The molecule has 0 unspecified atom stereocenters. The van der Waals surface area contributed by atoms with Crippen LogP contribution in [0.5, 0.6) is 5.75 Å². The zero-order chi connectivity index (χ0) is 33.1. The fourth-order valence-electron chi connectivity index (χ4n) is 3.81. The lowest BCUT2D eigenvalue weighted by molar-refractivity contribution is -0.142. The van der Waals surface area contributed by atoms with Gasteiger partial charge in [-0.1, -0.05) is 42.0 Å². The summed E-state index contributed by atoms with van der Waals surface area (Å²) in [6.07, 6.45) is -4.83. The van der Waals surface area contributed by atoms with E-state index in [1.807, 2.05) is 42.6 Å². The van der Waals surface area contributed by atoms with Crippen LogP contribution >= 0.6 is 0 Å². The van der Waals surface area contributed by atoms with Crippen molar-refractivity contribution in [3.05, 3.63) is 70.8 Å². The molecule has 238 valence electrons. The van der Waals surface area contributed by atoms with E-state index in [-0.39, 0.29) is 17.9 Å². The molecule has 10 nitrogen and oxygen atoms in total. The summed E-state index contributed by atoms with van der Waals surface area (Å²) in [5.74, 6) is -2.54. The maximum absolute atomic E-state index is 13.2. The van der Waals surface area contributed by atoms with Gasteiger partial charge in [-0.2, -0.15) is 18.4 Å². The standard InChI is InChI=1S/C31H38F3N5O5/c1-19-9-11-21(12-10-19)16-36-17-25(38-28(42)26(20(2)40)37-18-31(32,33)34)29(43)44-24-8-6-7-22(14-24)13-23(15-35)27(41)39-30(3,4)5/h6-14,20,25-26,36-37,40H,16-18H2,1-5H3,(H,38,42)(H,39,41)/t20-,25+,26+/m1/s1. The molecule has 44 heavy (non-hydrogen) atoms. The first-order valence-electron chi connectivity index (χ1n) is 13.8. The third kappa shape index (κ3) is 12.9. The third-order valence-electron chi connectivity index (χ3n) is 5.93. The summed E-state index contributed by atoms with van der Waals surface area (Å²) in [6, 6.07) is 12.3. The Morgan fingerprint density at radius 3 is 2.32 bits per heavy atom. The van der Waals surface area contributed by atoms with Crippen LogP contribution in [0.1, 0.15) is 44.4 Å². The van der Waals surface area contributed by atoms with Crippen LogP contribution in [-0.4, -0.2) is 65.9 Å². The molecule has 0 aromatic heterocycles. The van der Waals surface area contributed by atoms with Crippen molar-refractivity contribution in [3.8, 4) is 11.8 Å². The predicted molar refractivity (Wildman–Crippen MR) is 158 cm³/mol. The predicted octanol–water partition coefficient (Wildman–Crippen LogP) is 2.90. The number of amides is 2. The minimum absolute atomic E-state index is 0.0253. The van der Waals surface area contributed by atoms with Gasteiger partial charge in [0.25, 0.3) is 5.91 Å². The Labute approximate surface area is 254 Å². The zero-order valence-corrected chi connectivity index (χ0v) is 25.2. The van der Waals surface area contributed by atoms with Crippen molar-refractivity contribution in [2.24, 2.45) is 0 Å². The number of aliphatic hydroxyl groups excluding tert-OH is 1. The minimum atomic E-state index is -4.64. The monoisotopic (exact) mass is 617 g/mol. The van der Waals surface area contributed by atoms with Gasteiger partial charge in [0.15, 0.2) is 0 Å². The number of nitrogens with zero attached hydrogens (tertiary/aromatic N) is 1. The molecule has 0 spiro atoms. The summed E-state index contributed by atoms with van der Waals surface area (Å²) >= 11 is 0. The normalized spacial score (nSPS) is 14.1.